The zero-order valence-electron chi connectivity index (χ0n) is 31.7. The molecule has 0 aliphatic carbocycles. The van der Waals surface area contributed by atoms with E-state index in [0.717, 1.165) is 92.8 Å². The molecule has 10 aromatic rings. The Hall–Kier alpha value is -7.61. The molecule has 0 amide bonds. The fourth-order valence-corrected chi connectivity index (χ4v) is 8.99. The zero-order chi connectivity index (χ0) is 39.1. The van der Waals surface area contributed by atoms with E-state index in [0.29, 0.717) is 11.7 Å². The molecule has 1 aliphatic heterocycles. The lowest BCUT2D eigenvalue weighted by molar-refractivity contribution is 0.674. The highest BCUT2D eigenvalue weighted by molar-refractivity contribution is 7.25. The van der Waals surface area contributed by atoms with Gasteiger partial charge in [0.05, 0.1) is 15.9 Å². The maximum absolute atomic E-state index is 5.23. The molecule has 0 spiro atoms. The molecular weight excluding hydrogens is 741 g/mol. The van der Waals surface area contributed by atoms with Crippen LogP contribution in [0.25, 0.3) is 76.1 Å². The average Bonchev–Trinajstić information content (AvgIpc) is 3.70. The molecule has 11 rings (SSSR count). The number of fused-ring (bicyclic) bond motifs is 4. The van der Waals surface area contributed by atoms with Gasteiger partial charge in [-0.3, -0.25) is 0 Å². The summed E-state index contributed by atoms with van der Waals surface area (Å²) < 4.78 is 1.02. The first-order valence-corrected chi connectivity index (χ1v) is 20.4. The first-order valence-electron chi connectivity index (χ1n) is 19.6. The molecule has 3 aromatic heterocycles. The van der Waals surface area contributed by atoms with E-state index < -0.39 is 0 Å². The smallest absolute Gasteiger partial charge is 0.160 e. The van der Waals surface area contributed by atoms with Gasteiger partial charge in [0.25, 0.3) is 0 Å². The van der Waals surface area contributed by atoms with E-state index >= 15 is 0 Å². The summed E-state index contributed by atoms with van der Waals surface area (Å²) in [5.41, 5.74) is 11.3. The Labute approximate surface area is 345 Å². The van der Waals surface area contributed by atoms with Gasteiger partial charge in [-0.1, -0.05) is 182 Å². The van der Waals surface area contributed by atoms with Crippen LogP contribution in [0.2, 0.25) is 0 Å². The minimum atomic E-state index is -0.275. The molecule has 6 nitrogen and oxygen atoms in total. The Bertz CT molecular complexity index is 3220. The number of hydrogen-bond acceptors (Lipinski definition) is 7. The molecule has 0 saturated carbocycles. The molecule has 0 radical (unpaired) electrons. The van der Waals surface area contributed by atoms with Crippen molar-refractivity contribution < 1.29 is 0 Å². The largest absolute Gasteiger partial charge is 0.344 e. The van der Waals surface area contributed by atoms with Crippen molar-refractivity contribution in [3.8, 4) is 44.9 Å². The third-order valence-electron chi connectivity index (χ3n) is 10.8. The number of thiophene rings is 1. The van der Waals surface area contributed by atoms with E-state index in [1.165, 1.54) is 0 Å². The number of aliphatic imine (C=N–C) groups is 2. The first kappa shape index (κ1) is 34.6. The molecule has 7 heteroatoms. The Balaban J connectivity index is 1.01. The molecule has 59 heavy (non-hydrogen) atoms. The monoisotopic (exact) mass is 774 g/mol. The van der Waals surface area contributed by atoms with Crippen LogP contribution in [0.5, 0.6) is 0 Å². The topological polar surface area (TPSA) is 75.4 Å². The van der Waals surface area contributed by atoms with E-state index in [1.54, 1.807) is 11.3 Å². The van der Waals surface area contributed by atoms with Crippen LogP contribution in [0.1, 0.15) is 22.9 Å². The van der Waals surface area contributed by atoms with Crippen LogP contribution in [0.15, 0.2) is 204 Å². The molecule has 1 aliphatic rings. The van der Waals surface area contributed by atoms with Gasteiger partial charge in [-0.2, -0.15) is 0 Å². The summed E-state index contributed by atoms with van der Waals surface area (Å²) in [7, 11) is 0. The highest BCUT2D eigenvalue weighted by atomic mass is 32.1. The molecule has 0 bridgehead atoms. The van der Waals surface area contributed by atoms with E-state index in [2.05, 4.69) is 133 Å². The fourth-order valence-electron chi connectivity index (χ4n) is 7.91. The second-order valence-electron chi connectivity index (χ2n) is 14.5. The first-order chi connectivity index (χ1) is 29.2. The Morgan fingerprint density at radius 3 is 1.80 bits per heavy atom. The number of nitrogens with one attached hydrogen (secondary N) is 1. The summed E-state index contributed by atoms with van der Waals surface area (Å²) in [6, 6.07) is 65.1. The van der Waals surface area contributed by atoms with Crippen molar-refractivity contribution in [3.63, 3.8) is 0 Å². The van der Waals surface area contributed by atoms with Crippen LogP contribution in [0, 0.1) is 0 Å². The SMILES string of the molecule is c1ccc(C2=NC(c3cccc4c(-c5ccc(-c6nc(-c7ccccc7)nc7c6sc6ncc(-c8ccccc8)cc67)cc5)cccc34)=NC(c3ccccc3)N2)cc1. The van der Waals surface area contributed by atoms with Crippen LogP contribution >= 0.6 is 11.3 Å². The van der Waals surface area contributed by atoms with E-state index in [1.807, 2.05) is 66.9 Å². The van der Waals surface area contributed by atoms with Crippen molar-refractivity contribution in [1.29, 1.82) is 0 Å². The van der Waals surface area contributed by atoms with Crippen molar-refractivity contribution in [1.82, 2.24) is 20.3 Å². The summed E-state index contributed by atoms with van der Waals surface area (Å²) in [5, 5.41) is 6.84. The second kappa shape index (κ2) is 14.7. The summed E-state index contributed by atoms with van der Waals surface area (Å²) in [5.74, 6) is 2.19. The predicted octanol–water partition coefficient (Wildman–Crippen LogP) is 12.6. The average molecular weight is 775 g/mol. The fraction of sp³-hybridized carbons (Fsp3) is 0.0192. The molecular formula is C52H34N6S. The summed E-state index contributed by atoms with van der Waals surface area (Å²) >= 11 is 1.64. The number of nitrogens with zero attached hydrogens (tertiary/aromatic N) is 5. The van der Waals surface area contributed by atoms with Gasteiger partial charge in [-0.05, 0) is 39.1 Å². The molecule has 1 atom stereocenters. The second-order valence-corrected chi connectivity index (χ2v) is 15.5. The van der Waals surface area contributed by atoms with Crippen molar-refractivity contribution in [3.05, 3.63) is 211 Å². The van der Waals surface area contributed by atoms with Crippen molar-refractivity contribution >= 4 is 54.2 Å². The molecule has 4 heterocycles. The number of aromatic nitrogens is 3. The van der Waals surface area contributed by atoms with Crippen molar-refractivity contribution in [2.75, 3.05) is 0 Å². The van der Waals surface area contributed by atoms with E-state index in [9.17, 15) is 0 Å². The van der Waals surface area contributed by atoms with Gasteiger partial charge < -0.3 is 5.32 Å². The number of benzene rings is 7. The predicted molar refractivity (Wildman–Crippen MR) is 244 cm³/mol. The molecule has 7 aromatic carbocycles. The molecule has 278 valence electrons. The lowest BCUT2D eigenvalue weighted by atomic mass is 9.94. The quantitative estimate of drug-likeness (QED) is 0.175. The minimum absolute atomic E-state index is 0.275. The van der Waals surface area contributed by atoms with Gasteiger partial charge in [0.2, 0.25) is 0 Å². The van der Waals surface area contributed by atoms with Crippen molar-refractivity contribution in [2.24, 2.45) is 9.98 Å². The van der Waals surface area contributed by atoms with Crippen LogP contribution in [0.4, 0.5) is 0 Å². The molecule has 1 N–H and O–H groups in total. The Morgan fingerprint density at radius 2 is 1.08 bits per heavy atom. The van der Waals surface area contributed by atoms with Crippen LogP contribution in [-0.2, 0) is 0 Å². The van der Waals surface area contributed by atoms with Gasteiger partial charge >= 0.3 is 0 Å². The lowest BCUT2D eigenvalue weighted by Gasteiger charge is -2.24. The zero-order valence-corrected chi connectivity index (χ0v) is 32.5. The van der Waals surface area contributed by atoms with Crippen LogP contribution < -0.4 is 5.32 Å². The highest BCUT2D eigenvalue weighted by Crippen LogP contribution is 2.41. The van der Waals surface area contributed by atoms with Gasteiger partial charge in [-0.15, -0.1) is 11.3 Å². The highest BCUT2D eigenvalue weighted by Gasteiger charge is 2.23. The Kier molecular flexibility index (Phi) is 8.64. The number of rotatable bonds is 7. The van der Waals surface area contributed by atoms with E-state index in [-0.39, 0.29) is 6.17 Å². The Morgan fingerprint density at radius 1 is 0.475 bits per heavy atom. The summed E-state index contributed by atoms with van der Waals surface area (Å²) in [4.78, 5) is 26.6. The van der Waals surface area contributed by atoms with Crippen molar-refractivity contribution in [2.45, 2.75) is 6.17 Å². The van der Waals surface area contributed by atoms with E-state index in [4.69, 9.17) is 24.9 Å². The van der Waals surface area contributed by atoms with Gasteiger partial charge in [0.15, 0.2) is 11.7 Å². The van der Waals surface area contributed by atoms with Gasteiger partial charge in [0, 0.05) is 39.4 Å². The lowest BCUT2D eigenvalue weighted by Crippen LogP contribution is -2.33. The maximum Gasteiger partial charge on any atom is 0.160 e. The molecule has 0 saturated heterocycles. The number of hydrogen-bond donors (Lipinski definition) is 1. The summed E-state index contributed by atoms with van der Waals surface area (Å²) in [6.45, 7) is 0. The third kappa shape index (κ3) is 6.44. The molecule has 1 unspecified atom stereocenters. The van der Waals surface area contributed by atoms with Gasteiger partial charge in [-0.25, -0.2) is 24.9 Å². The number of amidine groups is 2. The maximum atomic E-state index is 5.23. The van der Waals surface area contributed by atoms with Crippen LogP contribution in [-0.4, -0.2) is 26.6 Å². The summed E-state index contributed by atoms with van der Waals surface area (Å²) in [6.07, 6.45) is 1.68. The normalized spacial score (nSPS) is 13.9. The standard InChI is InChI=1S/C52H34N6S/c1-5-15-33(16-6-1)39-31-44-46-47(59-52(44)53-32-39)45(54-48(55-46)36-17-7-2-8-18-36)35-29-27-34(28-30-35)40-23-13-25-42-41(40)24-14-26-43(42)51-57-49(37-19-9-3-10-20-37)56-50(58-51)38-21-11-4-12-22-38/h1-32,49H,(H,56,57,58). The number of pyridine rings is 1. The minimum Gasteiger partial charge on any atom is -0.344 e. The third-order valence-corrected chi connectivity index (χ3v) is 12.0. The molecule has 0 fully saturated rings. The van der Waals surface area contributed by atoms with Gasteiger partial charge in [0.1, 0.15) is 16.8 Å². The van der Waals surface area contributed by atoms with Crippen LogP contribution in [0.3, 0.4) is 0 Å².